The van der Waals surface area contributed by atoms with E-state index in [-0.39, 0.29) is 12.5 Å². The van der Waals surface area contributed by atoms with Crippen LogP contribution >= 0.6 is 0 Å². The molecule has 0 aliphatic heterocycles. The summed E-state index contributed by atoms with van der Waals surface area (Å²) in [5.41, 5.74) is 3.03. The summed E-state index contributed by atoms with van der Waals surface area (Å²) in [5.74, 6) is 0.286. The topological polar surface area (TPSA) is 46.5 Å². The van der Waals surface area contributed by atoms with Crippen molar-refractivity contribution in [3.05, 3.63) is 65.8 Å². The molecule has 1 aromatic carbocycles. The maximum Gasteiger partial charge on any atom is 0.335 e. The number of aliphatic hydroxyl groups excluding tert-OH is 1. The van der Waals surface area contributed by atoms with Crippen LogP contribution in [-0.4, -0.2) is 17.7 Å². The number of aryl methyl sites for hydroxylation is 1. The quantitative estimate of drug-likeness (QED) is 0.513. The van der Waals surface area contributed by atoms with Crippen molar-refractivity contribution >= 4 is 5.97 Å². The highest BCUT2D eigenvalue weighted by Crippen LogP contribution is 2.34. The molecule has 0 aromatic heterocycles. The van der Waals surface area contributed by atoms with Crippen LogP contribution in [0.5, 0.6) is 5.75 Å². The van der Waals surface area contributed by atoms with Crippen LogP contribution in [0.15, 0.2) is 49.1 Å². The van der Waals surface area contributed by atoms with E-state index in [1.807, 2.05) is 25.1 Å². The van der Waals surface area contributed by atoms with Gasteiger partial charge < -0.3 is 9.84 Å². The summed E-state index contributed by atoms with van der Waals surface area (Å²) in [5, 5.41) is 9.33. The Morgan fingerprint density at radius 2 is 2.29 bits per heavy atom. The molecule has 0 radical (unpaired) electrons. The number of esters is 1. The molecule has 1 aliphatic carbocycles. The molecule has 0 saturated carbocycles. The Kier molecular flexibility index (Phi) is 5.12. The minimum Gasteiger partial charge on any atom is -0.423 e. The molecule has 1 aromatic rings. The van der Waals surface area contributed by atoms with E-state index < -0.39 is 5.97 Å². The third-order valence-electron chi connectivity index (χ3n) is 3.51. The standard InChI is InChI=1S/C18H20O3/c1-3-18(20)21-17-12-13(2)11-16(15(17)9-10-19)14-7-5-4-6-8-14/h3-7,11-12,14,19H,1,8-10H2,2H3. The Labute approximate surface area is 125 Å². The van der Waals surface area contributed by atoms with Crippen LogP contribution in [-0.2, 0) is 11.2 Å². The average molecular weight is 284 g/mol. The predicted octanol–water partition coefficient (Wildman–Crippen LogP) is 3.22. The number of hydrogen-bond acceptors (Lipinski definition) is 3. The summed E-state index contributed by atoms with van der Waals surface area (Å²) in [6, 6.07) is 3.93. The molecule has 3 nitrogen and oxygen atoms in total. The molecule has 1 unspecified atom stereocenters. The van der Waals surface area contributed by atoms with Crippen LogP contribution in [0, 0.1) is 6.92 Å². The highest BCUT2D eigenvalue weighted by atomic mass is 16.5. The van der Waals surface area contributed by atoms with Gasteiger partial charge in [-0.15, -0.1) is 0 Å². The van der Waals surface area contributed by atoms with E-state index in [1.54, 1.807) is 0 Å². The van der Waals surface area contributed by atoms with Crippen molar-refractivity contribution in [2.75, 3.05) is 6.61 Å². The molecule has 1 atom stereocenters. The Bertz CT molecular complexity index is 597. The molecular formula is C18H20O3. The molecule has 0 spiro atoms. The maximum atomic E-state index is 11.5. The van der Waals surface area contributed by atoms with E-state index in [4.69, 9.17) is 4.74 Å². The van der Waals surface area contributed by atoms with Gasteiger partial charge in [-0.3, -0.25) is 0 Å². The average Bonchev–Trinajstić information content (AvgIpc) is 2.50. The molecule has 0 bridgehead atoms. The molecule has 21 heavy (non-hydrogen) atoms. The first-order chi connectivity index (χ1) is 10.2. The first-order valence-electron chi connectivity index (χ1n) is 7.07. The lowest BCUT2D eigenvalue weighted by Crippen LogP contribution is -2.10. The molecule has 0 heterocycles. The van der Waals surface area contributed by atoms with Gasteiger partial charge in [-0.1, -0.05) is 36.9 Å². The highest BCUT2D eigenvalue weighted by molar-refractivity contribution is 5.83. The largest absolute Gasteiger partial charge is 0.423 e. The second kappa shape index (κ2) is 7.04. The van der Waals surface area contributed by atoms with E-state index in [0.717, 1.165) is 29.2 Å². The lowest BCUT2D eigenvalue weighted by Gasteiger charge is -2.21. The van der Waals surface area contributed by atoms with Gasteiger partial charge in [0.1, 0.15) is 5.75 Å². The number of hydrogen-bond donors (Lipinski definition) is 1. The van der Waals surface area contributed by atoms with E-state index >= 15 is 0 Å². The van der Waals surface area contributed by atoms with Crippen LogP contribution in [0.1, 0.15) is 29.0 Å². The van der Waals surface area contributed by atoms with Gasteiger partial charge in [0.25, 0.3) is 0 Å². The first-order valence-corrected chi connectivity index (χ1v) is 7.07. The Morgan fingerprint density at radius 3 is 2.90 bits per heavy atom. The summed E-state index contributed by atoms with van der Waals surface area (Å²) in [7, 11) is 0. The predicted molar refractivity (Wildman–Crippen MR) is 83.4 cm³/mol. The fourth-order valence-corrected chi connectivity index (χ4v) is 2.57. The number of allylic oxidation sites excluding steroid dienone is 4. The zero-order chi connectivity index (χ0) is 15.2. The van der Waals surface area contributed by atoms with Gasteiger partial charge in [0.05, 0.1) is 0 Å². The van der Waals surface area contributed by atoms with Gasteiger partial charge in [-0.25, -0.2) is 4.79 Å². The molecule has 2 rings (SSSR count). The Balaban J connectivity index is 2.46. The van der Waals surface area contributed by atoms with Gasteiger partial charge in [0.2, 0.25) is 0 Å². The van der Waals surface area contributed by atoms with Crippen molar-refractivity contribution in [2.45, 2.75) is 25.7 Å². The van der Waals surface area contributed by atoms with E-state index in [9.17, 15) is 9.90 Å². The summed E-state index contributed by atoms with van der Waals surface area (Å²) < 4.78 is 5.35. The minimum absolute atomic E-state index is 0.0149. The van der Waals surface area contributed by atoms with Crippen LogP contribution in [0.4, 0.5) is 0 Å². The van der Waals surface area contributed by atoms with Crippen LogP contribution < -0.4 is 4.74 Å². The second-order valence-corrected chi connectivity index (χ2v) is 5.08. The van der Waals surface area contributed by atoms with E-state index in [0.29, 0.717) is 12.2 Å². The molecule has 3 heteroatoms. The van der Waals surface area contributed by atoms with Crippen molar-refractivity contribution in [3.63, 3.8) is 0 Å². The van der Waals surface area contributed by atoms with Crippen LogP contribution in [0.3, 0.4) is 0 Å². The van der Waals surface area contributed by atoms with Crippen molar-refractivity contribution in [3.8, 4) is 5.75 Å². The van der Waals surface area contributed by atoms with Crippen LogP contribution in [0.25, 0.3) is 0 Å². The third kappa shape index (κ3) is 3.70. The first kappa shape index (κ1) is 15.3. The van der Waals surface area contributed by atoms with Crippen LogP contribution in [0.2, 0.25) is 0 Å². The van der Waals surface area contributed by atoms with Gasteiger partial charge in [-0.2, -0.15) is 0 Å². The number of carbonyl (C=O) groups is 1. The monoisotopic (exact) mass is 284 g/mol. The summed E-state index contributed by atoms with van der Waals surface area (Å²) >= 11 is 0. The Morgan fingerprint density at radius 1 is 1.48 bits per heavy atom. The number of aliphatic hydroxyl groups is 1. The zero-order valence-electron chi connectivity index (χ0n) is 12.2. The maximum absolute atomic E-state index is 11.5. The summed E-state index contributed by atoms with van der Waals surface area (Å²) in [4.78, 5) is 11.5. The molecule has 0 saturated heterocycles. The molecule has 0 amide bonds. The fourth-order valence-electron chi connectivity index (χ4n) is 2.57. The summed E-state index contributed by atoms with van der Waals surface area (Å²) in [6.07, 6.45) is 10.8. The zero-order valence-corrected chi connectivity index (χ0v) is 12.2. The van der Waals surface area contributed by atoms with Gasteiger partial charge in [0, 0.05) is 24.2 Å². The molecule has 110 valence electrons. The van der Waals surface area contributed by atoms with Crippen molar-refractivity contribution in [1.82, 2.24) is 0 Å². The molecule has 1 aliphatic rings. The van der Waals surface area contributed by atoms with Gasteiger partial charge in [0.15, 0.2) is 0 Å². The summed E-state index contributed by atoms with van der Waals surface area (Å²) in [6.45, 7) is 5.41. The molecular weight excluding hydrogens is 264 g/mol. The second-order valence-electron chi connectivity index (χ2n) is 5.08. The number of carbonyl (C=O) groups excluding carboxylic acids is 1. The number of ether oxygens (including phenoxy) is 1. The Hall–Kier alpha value is -2.13. The van der Waals surface area contributed by atoms with Crippen molar-refractivity contribution in [1.29, 1.82) is 0 Å². The molecule has 0 fully saturated rings. The smallest absolute Gasteiger partial charge is 0.335 e. The lowest BCUT2D eigenvalue weighted by molar-refractivity contribution is -0.129. The normalized spacial score (nSPS) is 16.8. The highest BCUT2D eigenvalue weighted by Gasteiger charge is 2.18. The lowest BCUT2D eigenvalue weighted by atomic mass is 9.86. The van der Waals surface area contributed by atoms with Gasteiger partial charge >= 0.3 is 5.97 Å². The fraction of sp³-hybridized carbons (Fsp3) is 0.278. The van der Waals surface area contributed by atoms with E-state index in [2.05, 4.69) is 24.8 Å². The minimum atomic E-state index is -0.482. The number of benzene rings is 1. The third-order valence-corrected chi connectivity index (χ3v) is 3.51. The van der Waals surface area contributed by atoms with Crippen molar-refractivity contribution in [2.24, 2.45) is 0 Å². The molecule has 1 N–H and O–H groups in total. The SMILES string of the molecule is C=CC(=O)Oc1cc(C)cc(C2C=CC=CC2)c1CCO. The number of rotatable bonds is 5. The van der Waals surface area contributed by atoms with Crippen molar-refractivity contribution < 1.29 is 14.6 Å². The van der Waals surface area contributed by atoms with Gasteiger partial charge in [-0.05, 0) is 37.0 Å². The van der Waals surface area contributed by atoms with E-state index in [1.165, 1.54) is 0 Å².